The first-order valence-electron chi connectivity index (χ1n) is 9.90. The van der Waals surface area contributed by atoms with E-state index in [-0.39, 0.29) is 23.5 Å². The van der Waals surface area contributed by atoms with E-state index in [0.29, 0.717) is 5.92 Å². The van der Waals surface area contributed by atoms with Gasteiger partial charge < -0.3 is 9.84 Å². The molecule has 25 heavy (non-hydrogen) atoms. The summed E-state index contributed by atoms with van der Waals surface area (Å²) in [6, 6.07) is 0. The molecule has 0 unspecified atom stereocenters. The molecule has 0 aromatic carbocycles. The summed E-state index contributed by atoms with van der Waals surface area (Å²) in [5.41, 5.74) is 2.32. The Hall–Kier alpha value is -1.09. The molecule has 3 nitrogen and oxygen atoms in total. The minimum Gasteiger partial charge on any atom is -0.481 e. The van der Waals surface area contributed by atoms with Crippen molar-refractivity contribution < 1.29 is 14.6 Å². The van der Waals surface area contributed by atoms with Crippen LogP contribution in [0.1, 0.15) is 86.0 Å². The van der Waals surface area contributed by atoms with Crippen LogP contribution in [0.4, 0.5) is 0 Å². The largest absolute Gasteiger partial charge is 0.481 e. The fourth-order valence-electron chi connectivity index (χ4n) is 4.43. The summed E-state index contributed by atoms with van der Waals surface area (Å²) in [7, 11) is 0. The van der Waals surface area contributed by atoms with Gasteiger partial charge in [0.2, 0.25) is 0 Å². The summed E-state index contributed by atoms with van der Waals surface area (Å²) in [5.74, 6) is -0.216. The van der Waals surface area contributed by atoms with Gasteiger partial charge in [-0.2, -0.15) is 0 Å². The van der Waals surface area contributed by atoms with Crippen LogP contribution in [0.25, 0.3) is 0 Å². The Morgan fingerprint density at radius 3 is 2.56 bits per heavy atom. The van der Waals surface area contributed by atoms with Crippen LogP contribution in [0.15, 0.2) is 23.3 Å². The van der Waals surface area contributed by atoms with Gasteiger partial charge in [0.15, 0.2) is 0 Å². The molecule has 0 saturated carbocycles. The van der Waals surface area contributed by atoms with E-state index < -0.39 is 5.97 Å². The van der Waals surface area contributed by atoms with E-state index in [1.54, 1.807) is 0 Å². The fourth-order valence-corrected chi connectivity index (χ4v) is 4.43. The van der Waals surface area contributed by atoms with Crippen molar-refractivity contribution in [1.29, 1.82) is 0 Å². The third-order valence-electron chi connectivity index (χ3n) is 6.53. The van der Waals surface area contributed by atoms with E-state index in [0.717, 1.165) is 44.9 Å². The molecule has 1 fully saturated rings. The Morgan fingerprint density at radius 2 is 1.92 bits per heavy atom. The van der Waals surface area contributed by atoms with Gasteiger partial charge in [-0.15, -0.1) is 0 Å². The molecule has 3 heteroatoms. The van der Waals surface area contributed by atoms with Crippen molar-refractivity contribution in [3.63, 3.8) is 0 Å². The molecule has 0 aromatic heterocycles. The van der Waals surface area contributed by atoms with E-state index in [4.69, 9.17) is 4.74 Å². The number of aliphatic carboxylic acids is 1. The molecule has 2 bridgehead atoms. The number of ether oxygens (including phenoxy) is 1. The summed E-state index contributed by atoms with van der Waals surface area (Å²) in [5, 5.41) is 9.43. The van der Waals surface area contributed by atoms with Crippen LogP contribution in [0.3, 0.4) is 0 Å². The number of carboxylic acid groups (broad SMARTS) is 1. The maximum absolute atomic E-state index is 11.5. The van der Waals surface area contributed by atoms with Crippen molar-refractivity contribution in [2.75, 3.05) is 0 Å². The zero-order valence-electron chi connectivity index (χ0n) is 16.7. The van der Waals surface area contributed by atoms with Crippen molar-refractivity contribution >= 4 is 5.97 Å². The molecule has 2 aliphatic heterocycles. The van der Waals surface area contributed by atoms with Crippen molar-refractivity contribution in [3.8, 4) is 0 Å². The number of hydrogen-bond acceptors (Lipinski definition) is 2. The molecule has 142 valence electrons. The molecular formula is C22H36O3. The van der Waals surface area contributed by atoms with Crippen molar-refractivity contribution in [2.45, 2.75) is 97.2 Å². The molecule has 1 N–H and O–H groups in total. The van der Waals surface area contributed by atoms with Gasteiger partial charge in [0.1, 0.15) is 0 Å². The number of carbonyl (C=O) groups is 1. The summed E-state index contributed by atoms with van der Waals surface area (Å²) >= 11 is 0. The van der Waals surface area contributed by atoms with Crippen LogP contribution in [-0.2, 0) is 9.53 Å². The lowest BCUT2D eigenvalue weighted by atomic mass is 9.79. The second kappa shape index (κ2) is 8.07. The van der Waals surface area contributed by atoms with E-state index in [1.165, 1.54) is 11.1 Å². The highest BCUT2D eigenvalue weighted by Gasteiger charge is 2.51. The lowest BCUT2D eigenvalue weighted by molar-refractivity contribution is -0.156. The zero-order valence-corrected chi connectivity index (χ0v) is 16.7. The molecule has 1 saturated heterocycles. The van der Waals surface area contributed by atoms with Crippen LogP contribution in [0.5, 0.6) is 0 Å². The van der Waals surface area contributed by atoms with E-state index in [9.17, 15) is 9.90 Å². The monoisotopic (exact) mass is 348 g/mol. The van der Waals surface area contributed by atoms with Gasteiger partial charge in [-0.25, -0.2) is 0 Å². The molecule has 2 aliphatic rings. The normalized spacial score (nSPS) is 38.7. The lowest BCUT2D eigenvalue weighted by Gasteiger charge is -2.39. The Morgan fingerprint density at radius 1 is 1.24 bits per heavy atom. The van der Waals surface area contributed by atoms with Crippen molar-refractivity contribution in [3.05, 3.63) is 23.3 Å². The van der Waals surface area contributed by atoms with E-state index >= 15 is 0 Å². The zero-order chi connectivity index (χ0) is 18.7. The average Bonchev–Trinajstić information content (AvgIpc) is 2.88. The quantitative estimate of drug-likeness (QED) is 0.646. The molecule has 0 aliphatic carbocycles. The number of allylic oxidation sites excluding steroid dienone is 3. The maximum atomic E-state index is 11.5. The fraction of sp³-hybridized carbons (Fsp3) is 0.773. The van der Waals surface area contributed by atoms with E-state index in [2.05, 4.69) is 46.8 Å². The summed E-state index contributed by atoms with van der Waals surface area (Å²) < 4.78 is 6.78. The van der Waals surface area contributed by atoms with Gasteiger partial charge in [-0.1, -0.05) is 37.1 Å². The molecule has 0 amide bonds. The van der Waals surface area contributed by atoms with Gasteiger partial charge in [0.05, 0.1) is 17.6 Å². The topological polar surface area (TPSA) is 46.5 Å². The lowest BCUT2D eigenvalue weighted by Crippen LogP contribution is -2.42. The van der Waals surface area contributed by atoms with Gasteiger partial charge in [0, 0.05) is 0 Å². The summed E-state index contributed by atoms with van der Waals surface area (Å²) in [6.45, 7) is 11.0. The Bertz CT molecular complexity index is 545. The molecule has 2 heterocycles. The first-order chi connectivity index (χ1) is 11.7. The minimum atomic E-state index is -0.710. The van der Waals surface area contributed by atoms with Crippen LogP contribution in [0, 0.1) is 11.8 Å². The summed E-state index contributed by atoms with van der Waals surface area (Å²) in [4.78, 5) is 11.5. The SMILES string of the molecule is C/C1=C\C[C@]2(C(C)C)CC[C@@](C)(O2)[C@H](CC(=O)O)CC/C(C)=C/CC1. The van der Waals surface area contributed by atoms with Crippen molar-refractivity contribution in [2.24, 2.45) is 11.8 Å². The number of carboxylic acids is 1. The van der Waals surface area contributed by atoms with Crippen LogP contribution in [0.2, 0.25) is 0 Å². The standard InChI is InChI=1S/C22H36O3/c1-16(2)22-12-11-18(4)8-6-7-17(3)9-10-19(15-20(23)24)21(5,25-22)13-14-22/h7,11,16,19H,6,8-10,12-15H2,1-5H3,(H,23,24)/b17-7+,18-11+/t19-,21+,22+/m0/s1. The van der Waals surface area contributed by atoms with E-state index in [1.807, 2.05) is 0 Å². The predicted octanol–water partition coefficient (Wildman–Crippen LogP) is 5.90. The number of fused-ring (bicyclic) bond motifs is 2. The van der Waals surface area contributed by atoms with Gasteiger partial charge in [-0.05, 0) is 77.6 Å². The third kappa shape index (κ3) is 4.97. The summed E-state index contributed by atoms with van der Waals surface area (Å²) in [6.07, 6.45) is 11.8. The molecular weight excluding hydrogens is 312 g/mol. The second-order valence-electron chi connectivity index (χ2n) is 8.81. The molecule has 3 atom stereocenters. The van der Waals surface area contributed by atoms with Crippen LogP contribution < -0.4 is 0 Å². The van der Waals surface area contributed by atoms with Crippen LogP contribution >= 0.6 is 0 Å². The van der Waals surface area contributed by atoms with Crippen molar-refractivity contribution in [1.82, 2.24) is 0 Å². The predicted molar refractivity (Wildman–Crippen MR) is 103 cm³/mol. The van der Waals surface area contributed by atoms with Gasteiger partial charge in [0.25, 0.3) is 0 Å². The highest BCUT2D eigenvalue weighted by atomic mass is 16.5. The smallest absolute Gasteiger partial charge is 0.303 e. The Labute approximate surface area is 153 Å². The highest BCUT2D eigenvalue weighted by Crippen LogP contribution is 2.50. The molecule has 0 spiro atoms. The Kier molecular flexibility index (Phi) is 6.53. The first-order valence-corrected chi connectivity index (χ1v) is 9.90. The highest BCUT2D eigenvalue weighted by molar-refractivity contribution is 5.67. The maximum Gasteiger partial charge on any atom is 0.303 e. The van der Waals surface area contributed by atoms with Gasteiger partial charge >= 0.3 is 5.97 Å². The number of rotatable bonds is 3. The average molecular weight is 349 g/mol. The second-order valence-corrected chi connectivity index (χ2v) is 8.81. The third-order valence-corrected chi connectivity index (χ3v) is 6.53. The molecule has 0 radical (unpaired) electrons. The van der Waals surface area contributed by atoms with Gasteiger partial charge in [-0.3, -0.25) is 4.79 Å². The minimum absolute atomic E-state index is 0.0693. The number of hydrogen-bond donors (Lipinski definition) is 1. The Balaban J connectivity index is 2.35. The van der Waals surface area contributed by atoms with Crippen LogP contribution in [-0.4, -0.2) is 22.3 Å². The molecule has 0 aromatic rings. The first kappa shape index (κ1) is 20.2. The molecule has 2 rings (SSSR count).